The average Bonchev–Trinajstić information content (AvgIpc) is 2.93. The number of hydrogen-bond donors (Lipinski definition) is 2. The molecule has 1 aromatic carbocycles. The number of nitrogens with zero attached hydrogens (tertiary/aromatic N) is 4. The first kappa shape index (κ1) is 13.9. The SMILES string of the molecule is CCn1ncnc1CN=C(N)Nc1ccc(OC)cc1. The van der Waals surface area contributed by atoms with Crippen molar-refractivity contribution >= 4 is 11.6 Å². The van der Waals surface area contributed by atoms with Crippen LogP contribution in [0.3, 0.4) is 0 Å². The Morgan fingerprint density at radius 3 is 2.80 bits per heavy atom. The molecule has 0 atom stereocenters. The Hall–Kier alpha value is -2.57. The second-order valence-electron chi connectivity index (χ2n) is 4.05. The highest BCUT2D eigenvalue weighted by Gasteiger charge is 2.02. The molecule has 7 nitrogen and oxygen atoms in total. The molecule has 0 aliphatic rings. The Morgan fingerprint density at radius 1 is 1.40 bits per heavy atom. The van der Waals surface area contributed by atoms with Crippen molar-refractivity contribution < 1.29 is 4.74 Å². The van der Waals surface area contributed by atoms with E-state index in [1.54, 1.807) is 11.8 Å². The van der Waals surface area contributed by atoms with Crippen LogP contribution in [0.5, 0.6) is 5.75 Å². The van der Waals surface area contributed by atoms with Crippen LogP contribution < -0.4 is 15.8 Å². The maximum absolute atomic E-state index is 5.83. The van der Waals surface area contributed by atoms with Gasteiger partial charge in [-0.25, -0.2) is 14.7 Å². The number of methoxy groups -OCH3 is 1. The van der Waals surface area contributed by atoms with Gasteiger partial charge in [0, 0.05) is 12.2 Å². The molecule has 2 aromatic rings. The van der Waals surface area contributed by atoms with Gasteiger partial charge in [-0.1, -0.05) is 0 Å². The van der Waals surface area contributed by atoms with Gasteiger partial charge in [0.05, 0.1) is 7.11 Å². The van der Waals surface area contributed by atoms with Crippen molar-refractivity contribution in [2.75, 3.05) is 12.4 Å². The van der Waals surface area contributed by atoms with Gasteiger partial charge in [-0.05, 0) is 31.2 Å². The third-order valence-corrected chi connectivity index (χ3v) is 2.75. The minimum absolute atomic E-state index is 0.334. The quantitative estimate of drug-likeness (QED) is 0.632. The molecule has 7 heteroatoms. The van der Waals surface area contributed by atoms with Crippen LogP contribution in [0.25, 0.3) is 0 Å². The molecular formula is C13H18N6O. The van der Waals surface area contributed by atoms with Crippen LogP contribution in [0.4, 0.5) is 5.69 Å². The molecule has 1 heterocycles. The predicted molar refractivity (Wildman–Crippen MR) is 77.6 cm³/mol. The lowest BCUT2D eigenvalue weighted by Gasteiger charge is -2.06. The van der Waals surface area contributed by atoms with Gasteiger partial charge < -0.3 is 15.8 Å². The van der Waals surface area contributed by atoms with Crippen molar-refractivity contribution in [1.29, 1.82) is 0 Å². The van der Waals surface area contributed by atoms with E-state index in [0.717, 1.165) is 23.8 Å². The molecule has 0 bridgehead atoms. The van der Waals surface area contributed by atoms with Crippen molar-refractivity contribution in [3.63, 3.8) is 0 Å². The molecule has 2 rings (SSSR count). The molecule has 20 heavy (non-hydrogen) atoms. The zero-order valence-electron chi connectivity index (χ0n) is 11.6. The molecule has 1 aromatic heterocycles. The largest absolute Gasteiger partial charge is 0.497 e. The second kappa shape index (κ2) is 6.55. The fourth-order valence-electron chi connectivity index (χ4n) is 1.69. The molecule has 0 aliphatic carbocycles. The van der Waals surface area contributed by atoms with Crippen molar-refractivity contribution in [3.8, 4) is 5.75 Å². The number of aliphatic imine (C=N–C) groups is 1. The van der Waals surface area contributed by atoms with E-state index >= 15 is 0 Å². The summed E-state index contributed by atoms with van der Waals surface area (Å²) in [5.41, 5.74) is 6.69. The van der Waals surface area contributed by atoms with Crippen LogP contribution in [0.1, 0.15) is 12.7 Å². The smallest absolute Gasteiger partial charge is 0.193 e. The molecule has 3 N–H and O–H groups in total. The van der Waals surface area contributed by atoms with Crippen LogP contribution in [-0.4, -0.2) is 27.8 Å². The number of aryl methyl sites for hydroxylation is 1. The fourth-order valence-corrected chi connectivity index (χ4v) is 1.69. The summed E-state index contributed by atoms with van der Waals surface area (Å²) in [6, 6.07) is 7.44. The van der Waals surface area contributed by atoms with Crippen LogP contribution in [0.15, 0.2) is 35.6 Å². The van der Waals surface area contributed by atoms with Crippen molar-refractivity contribution in [2.24, 2.45) is 10.7 Å². The average molecular weight is 274 g/mol. The Labute approximate surface area is 117 Å². The van der Waals surface area contributed by atoms with E-state index < -0.39 is 0 Å². The zero-order valence-corrected chi connectivity index (χ0v) is 11.6. The predicted octanol–water partition coefficient (Wildman–Crippen LogP) is 1.23. The number of guanidine groups is 1. The standard InChI is InChI=1S/C13H18N6O/c1-3-19-12(16-9-17-19)8-15-13(14)18-10-4-6-11(20-2)7-5-10/h4-7,9H,3,8H2,1-2H3,(H3,14,15,18). The minimum Gasteiger partial charge on any atom is -0.497 e. The summed E-state index contributed by atoms with van der Waals surface area (Å²) < 4.78 is 6.87. The van der Waals surface area contributed by atoms with Crippen molar-refractivity contribution in [1.82, 2.24) is 14.8 Å². The summed E-state index contributed by atoms with van der Waals surface area (Å²) in [7, 11) is 1.63. The zero-order chi connectivity index (χ0) is 14.4. The fraction of sp³-hybridized carbons (Fsp3) is 0.308. The summed E-state index contributed by atoms with van der Waals surface area (Å²) in [5, 5.41) is 7.08. The lowest BCUT2D eigenvalue weighted by atomic mass is 10.3. The normalized spacial score (nSPS) is 11.4. The number of anilines is 1. The Balaban J connectivity index is 1.96. The molecule has 0 spiro atoms. The summed E-state index contributed by atoms with van der Waals surface area (Å²) in [6.45, 7) is 3.15. The van der Waals surface area contributed by atoms with Gasteiger partial charge in [0.2, 0.25) is 0 Å². The summed E-state index contributed by atoms with van der Waals surface area (Å²) >= 11 is 0. The summed E-state index contributed by atoms with van der Waals surface area (Å²) in [6.07, 6.45) is 1.52. The molecule has 106 valence electrons. The monoisotopic (exact) mass is 274 g/mol. The van der Waals surface area contributed by atoms with E-state index in [4.69, 9.17) is 10.5 Å². The van der Waals surface area contributed by atoms with E-state index in [-0.39, 0.29) is 0 Å². The van der Waals surface area contributed by atoms with Crippen LogP contribution >= 0.6 is 0 Å². The second-order valence-corrected chi connectivity index (χ2v) is 4.05. The third kappa shape index (κ3) is 3.47. The molecule has 0 radical (unpaired) electrons. The molecule has 0 fully saturated rings. The number of nitrogens with one attached hydrogen (secondary N) is 1. The van der Waals surface area contributed by atoms with Crippen LogP contribution in [-0.2, 0) is 13.1 Å². The van der Waals surface area contributed by atoms with Gasteiger partial charge >= 0.3 is 0 Å². The van der Waals surface area contributed by atoms with Gasteiger partial charge in [-0.15, -0.1) is 0 Å². The van der Waals surface area contributed by atoms with E-state index in [1.807, 2.05) is 31.2 Å². The lowest BCUT2D eigenvalue weighted by molar-refractivity contribution is 0.415. The number of nitrogens with two attached hydrogens (primary N) is 1. The van der Waals surface area contributed by atoms with E-state index in [2.05, 4.69) is 20.4 Å². The molecule has 0 saturated heterocycles. The Morgan fingerprint density at radius 2 is 2.15 bits per heavy atom. The van der Waals surface area contributed by atoms with Gasteiger partial charge in [0.25, 0.3) is 0 Å². The molecular weight excluding hydrogens is 256 g/mol. The lowest BCUT2D eigenvalue weighted by Crippen LogP contribution is -2.22. The van der Waals surface area contributed by atoms with Crippen molar-refractivity contribution in [3.05, 3.63) is 36.4 Å². The van der Waals surface area contributed by atoms with Gasteiger partial charge in [0.15, 0.2) is 5.96 Å². The van der Waals surface area contributed by atoms with Crippen LogP contribution in [0, 0.1) is 0 Å². The van der Waals surface area contributed by atoms with Gasteiger partial charge in [-0.3, -0.25) is 0 Å². The number of rotatable bonds is 5. The summed E-state index contributed by atoms with van der Waals surface area (Å²) in [5.74, 6) is 1.91. The minimum atomic E-state index is 0.334. The maximum Gasteiger partial charge on any atom is 0.193 e. The molecule has 0 aliphatic heterocycles. The summed E-state index contributed by atoms with van der Waals surface area (Å²) in [4.78, 5) is 8.38. The first-order valence-corrected chi connectivity index (χ1v) is 6.30. The first-order chi connectivity index (χ1) is 9.72. The van der Waals surface area contributed by atoms with E-state index in [9.17, 15) is 0 Å². The van der Waals surface area contributed by atoms with E-state index in [0.29, 0.717) is 12.5 Å². The molecule has 0 unspecified atom stereocenters. The van der Waals surface area contributed by atoms with Gasteiger partial charge in [0.1, 0.15) is 24.4 Å². The number of benzene rings is 1. The first-order valence-electron chi connectivity index (χ1n) is 6.30. The Bertz CT molecular complexity index is 575. The van der Waals surface area contributed by atoms with Crippen LogP contribution in [0.2, 0.25) is 0 Å². The number of hydrogen-bond acceptors (Lipinski definition) is 4. The Kier molecular flexibility index (Phi) is 4.54. The highest BCUT2D eigenvalue weighted by atomic mass is 16.5. The molecule has 0 saturated carbocycles. The highest BCUT2D eigenvalue weighted by molar-refractivity contribution is 5.92. The topological polar surface area (TPSA) is 90.4 Å². The number of aromatic nitrogens is 3. The van der Waals surface area contributed by atoms with E-state index in [1.165, 1.54) is 6.33 Å². The number of ether oxygens (including phenoxy) is 1. The van der Waals surface area contributed by atoms with Gasteiger partial charge in [-0.2, -0.15) is 5.10 Å². The van der Waals surface area contributed by atoms with Crippen molar-refractivity contribution in [2.45, 2.75) is 20.0 Å². The molecule has 0 amide bonds. The third-order valence-electron chi connectivity index (χ3n) is 2.75. The highest BCUT2D eigenvalue weighted by Crippen LogP contribution is 2.14. The maximum atomic E-state index is 5.83.